The minimum absolute atomic E-state index is 0.121. The first kappa shape index (κ1) is 18.9. The van der Waals surface area contributed by atoms with Crippen LogP contribution in [0.15, 0.2) is 88.2 Å². The molecule has 6 nitrogen and oxygen atoms in total. The molecule has 6 heteroatoms. The number of hydrogen-bond acceptors (Lipinski definition) is 3. The number of anilines is 1. The van der Waals surface area contributed by atoms with Gasteiger partial charge in [-0.25, -0.2) is 0 Å². The smallest absolute Gasteiger partial charge is 0.291 e. The van der Waals surface area contributed by atoms with Crippen LogP contribution >= 0.6 is 0 Å². The summed E-state index contributed by atoms with van der Waals surface area (Å²) in [6.45, 7) is 3.27. The van der Waals surface area contributed by atoms with Gasteiger partial charge in [0.15, 0.2) is 5.76 Å². The fraction of sp³-hybridized carbons (Fsp3) is 0.120. The Hall–Kier alpha value is -4.06. The third-order valence-corrected chi connectivity index (χ3v) is 5.46. The molecule has 2 aromatic carbocycles. The van der Waals surface area contributed by atoms with Crippen LogP contribution in [0.25, 0.3) is 21.8 Å². The van der Waals surface area contributed by atoms with E-state index >= 15 is 0 Å². The number of aromatic nitrogens is 2. The molecule has 5 rings (SSSR count). The number of pyridine rings is 1. The average molecular weight is 411 g/mol. The van der Waals surface area contributed by atoms with E-state index in [-0.39, 0.29) is 23.8 Å². The molecule has 0 spiro atoms. The van der Waals surface area contributed by atoms with Gasteiger partial charge < -0.3 is 18.9 Å². The van der Waals surface area contributed by atoms with Crippen LogP contribution in [-0.2, 0) is 13.1 Å². The second kappa shape index (κ2) is 7.65. The zero-order valence-corrected chi connectivity index (χ0v) is 17.0. The fourth-order valence-electron chi connectivity index (χ4n) is 4.01. The van der Waals surface area contributed by atoms with Crippen LogP contribution in [0.5, 0.6) is 0 Å². The maximum atomic E-state index is 12.7. The van der Waals surface area contributed by atoms with Gasteiger partial charge in [-0.1, -0.05) is 24.3 Å². The van der Waals surface area contributed by atoms with Gasteiger partial charge in [0.05, 0.1) is 6.54 Å². The van der Waals surface area contributed by atoms with Gasteiger partial charge >= 0.3 is 0 Å². The molecule has 1 amide bonds. The predicted molar refractivity (Wildman–Crippen MR) is 122 cm³/mol. The summed E-state index contributed by atoms with van der Waals surface area (Å²) in [7, 11) is 0. The Balaban J connectivity index is 1.41. The third kappa shape index (κ3) is 3.42. The molecule has 0 radical (unpaired) electrons. The van der Waals surface area contributed by atoms with Crippen LogP contribution in [0.2, 0.25) is 0 Å². The highest BCUT2D eigenvalue weighted by molar-refractivity contribution is 6.10. The number of furan rings is 1. The van der Waals surface area contributed by atoms with E-state index in [9.17, 15) is 9.59 Å². The first-order chi connectivity index (χ1) is 15.1. The van der Waals surface area contributed by atoms with Crippen molar-refractivity contribution in [1.82, 2.24) is 9.13 Å². The van der Waals surface area contributed by atoms with Crippen molar-refractivity contribution in [3.63, 3.8) is 0 Å². The second-order valence-corrected chi connectivity index (χ2v) is 7.38. The maximum absolute atomic E-state index is 12.7. The minimum Gasteiger partial charge on any atom is -0.454 e. The summed E-state index contributed by atoms with van der Waals surface area (Å²) in [5.41, 5.74) is 2.89. The first-order valence-corrected chi connectivity index (χ1v) is 10.2. The summed E-state index contributed by atoms with van der Waals surface area (Å²) in [4.78, 5) is 24.6. The number of aryl methyl sites for hydroxylation is 1. The quantitative estimate of drug-likeness (QED) is 0.449. The number of fused-ring (bicyclic) bond motifs is 3. The van der Waals surface area contributed by atoms with Crippen LogP contribution in [0, 0.1) is 0 Å². The topological polar surface area (TPSA) is 69.2 Å². The predicted octanol–water partition coefficient (Wildman–Crippen LogP) is 4.87. The molecule has 0 bridgehead atoms. The zero-order valence-electron chi connectivity index (χ0n) is 17.0. The summed E-state index contributed by atoms with van der Waals surface area (Å²) in [5, 5.41) is 5.17. The van der Waals surface area contributed by atoms with E-state index in [0.717, 1.165) is 22.8 Å². The maximum Gasteiger partial charge on any atom is 0.291 e. The number of carbonyl (C=O) groups is 1. The third-order valence-electron chi connectivity index (χ3n) is 5.46. The van der Waals surface area contributed by atoms with Gasteiger partial charge in [0.2, 0.25) is 0 Å². The van der Waals surface area contributed by atoms with Crippen LogP contribution in [0.3, 0.4) is 0 Å². The number of rotatable bonds is 5. The molecule has 31 heavy (non-hydrogen) atoms. The fourth-order valence-corrected chi connectivity index (χ4v) is 4.01. The van der Waals surface area contributed by atoms with E-state index in [1.807, 2.05) is 30.3 Å². The van der Waals surface area contributed by atoms with Crippen molar-refractivity contribution in [1.29, 1.82) is 0 Å². The molecule has 154 valence electrons. The Morgan fingerprint density at radius 1 is 0.935 bits per heavy atom. The SMILES string of the molecule is CCn1c2ccccc2c2cc(NC(=O)c3ccc(Cn4ccccc4=O)o3)ccc21. The van der Waals surface area contributed by atoms with E-state index < -0.39 is 0 Å². The summed E-state index contributed by atoms with van der Waals surface area (Å²) in [5.74, 6) is 0.417. The zero-order chi connectivity index (χ0) is 21.4. The number of benzene rings is 2. The van der Waals surface area contributed by atoms with Crippen molar-refractivity contribution in [3.05, 3.63) is 101 Å². The molecule has 0 saturated heterocycles. The number of para-hydroxylation sites is 1. The van der Waals surface area contributed by atoms with Crippen molar-refractivity contribution < 1.29 is 9.21 Å². The molecule has 0 aliphatic carbocycles. The van der Waals surface area contributed by atoms with Crippen molar-refractivity contribution in [2.75, 3.05) is 5.32 Å². The standard InChI is InChI=1S/C25H21N3O3/c1-2-28-21-8-4-3-7-19(21)20-15-17(10-12-22(20)28)26-25(30)23-13-11-18(31-23)16-27-14-6-5-9-24(27)29/h3-15H,2,16H2,1H3,(H,26,30). The van der Waals surface area contributed by atoms with Crippen LogP contribution in [-0.4, -0.2) is 15.0 Å². The lowest BCUT2D eigenvalue weighted by atomic mass is 10.1. The van der Waals surface area contributed by atoms with Crippen molar-refractivity contribution in [2.24, 2.45) is 0 Å². The normalized spacial score (nSPS) is 11.3. The van der Waals surface area contributed by atoms with E-state index in [0.29, 0.717) is 11.4 Å². The highest BCUT2D eigenvalue weighted by Gasteiger charge is 2.14. The van der Waals surface area contributed by atoms with Gasteiger partial charge in [0.25, 0.3) is 11.5 Å². The first-order valence-electron chi connectivity index (χ1n) is 10.2. The van der Waals surface area contributed by atoms with Crippen molar-refractivity contribution in [2.45, 2.75) is 20.0 Å². The molecular weight excluding hydrogens is 390 g/mol. The summed E-state index contributed by atoms with van der Waals surface area (Å²) in [6, 6.07) is 22.5. The van der Waals surface area contributed by atoms with E-state index in [1.165, 1.54) is 16.2 Å². The Morgan fingerprint density at radius 3 is 2.58 bits per heavy atom. The largest absolute Gasteiger partial charge is 0.454 e. The van der Waals surface area contributed by atoms with Crippen LogP contribution in [0.1, 0.15) is 23.2 Å². The highest BCUT2D eigenvalue weighted by Crippen LogP contribution is 2.31. The molecule has 0 aliphatic rings. The number of nitrogens with one attached hydrogen (secondary N) is 1. The average Bonchev–Trinajstić information content (AvgIpc) is 3.38. The summed E-state index contributed by atoms with van der Waals surface area (Å²) >= 11 is 0. The Kier molecular flexibility index (Phi) is 4.67. The Labute approximate surface area is 178 Å². The van der Waals surface area contributed by atoms with E-state index in [2.05, 4.69) is 28.9 Å². The minimum atomic E-state index is -0.328. The number of nitrogens with zero attached hydrogens (tertiary/aromatic N) is 2. The van der Waals surface area contributed by atoms with Crippen molar-refractivity contribution >= 4 is 33.4 Å². The van der Waals surface area contributed by atoms with Crippen LogP contribution < -0.4 is 10.9 Å². The second-order valence-electron chi connectivity index (χ2n) is 7.38. The number of hydrogen-bond donors (Lipinski definition) is 1. The van der Waals surface area contributed by atoms with E-state index in [1.54, 1.807) is 30.5 Å². The molecule has 0 unspecified atom stereocenters. The van der Waals surface area contributed by atoms with Gasteiger partial charge in [-0.15, -0.1) is 0 Å². The molecule has 3 aromatic heterocycles. The number of carbonyl (C=O) groups excluding carboxylic acids is 1. The molecule has 1 N–H and O–H groups in total. The van der Waals surface area contributed by atoms with Gasteiger partial charge in [-0.3, -0.25) is 9.59 Å². The van der Waals surface area contributed by atoms with Gasteiger partial charge in [0, 0.05) is 46.3 Å². The van der Waals surface area contributed by atoms with Gasteiger partial charge in [-0.2, -0.15) is 0 Å². The lowest BCUT2D eigenvalue weighted by molar-refractivity contribution is 0.0995. The van der Waals surface area contributed by atoms with E-state index in [4.69, 9.17) is 4.42 Å². The lowest BCUT2D eigenvalue weighted by Crippen LogP contribution is -2.18. The van der Waals surface area contributed by atoms with Crippen LogP contribution in [0.4, 0.5) is 5.69 Å². The lowest BCUT2D eigenvalue weighted by Gasteiger charge is -2.06. The molecule has 3 heterocycles. The van der Waals surface area contributed by atoms with Crippen molar-refractivity contribution in [3.8, 4) is 0 Å². The highest BCUT2D eigenvalue weighted by atomic mass is 16.4. The molecule has 0 aliphatic heterocycles. The number of amides is 1. The molecule has 0 saturated carbocycles. The molecule has 5 aromatic rings. The Morgan fingerprint density at radius 2 is 1.74 bits per heavy atom. The van der Waals surface area contributed by atoms with Gasteiger partial charge in [0.1, 0.15) is 5.76 Å². The summed E-state index contributed by atoms with van der Waals surface area (Å²) in [6.07, 6.45) is 1.69. The monoisotopic (exact) mass is 411 g/mol. The van der Waals surface area contributed by atoms with Gasteiger partial charge in [-0.05, 0) is 49.4 Å². The molecule has 0 fully saturated rings. The summed E-state index contributed by atoms with van der Waals surface area (Å²) < 4.78 is 9.47. The Bertz CT molecular complexity index is 1470. The molecular formula is C25H21N3O3. The molecule has 0 atom stereocenters.